The first-order chi connectivity index (χ1) is 8.54. The molecule has 1 aromatic carbocycles. The summed E-state index contributed by atoms with van der Waals surface area (Å²) in [5.41, 5.74) is 0.309. The monoisotopic (exact) mass is 382 g/mol. The summed E-state index contributed by atoms with van der Waals surface area (Å²) in [6, 6.07) is 4.72. The van der Waals surface area contributed by atoms with Crippen LogP contribution in [0.2, 0.25) is 0 Å². The van der Waals surface area contributed by atoms with Crippen LogP contribution in [0, 0.1) is 0 Å². The molecule has 4 nitrogen and oxygen atoms in total. The average Bonchev–Trinajstić information content (AvgIpc) is 2.41. The molecule has 0 saturated heterocycles. The summed E-state index contributed by atoms with van der Waals surface area (Å²) in [6.45, 7) is 4.00. The van der Waals surface area contributed by atoms with E-state index in [1.807, 2.05) is 13.8 Å². The van der Waals surface area contributed by atoms with Gasteiger partial charge < -0.3 is 9.84 Å². The van der Waals surface area contributed by atoms with Gasteiger partial charge in [0.25, 0.3) is 0 Å². The first kappa shape index (κ1) is 19.5. The molecular weight excluding hydrogens is 368 g/mol. The number of methoxy groups -OCH3 is 1. The van der Waals surface area contributed by atoms with E-state index in [9.17, 15) is 9.59 Å². The number of carbonyl (C=O) groups excluding carboxylic acids is 2. The van der Waals surface area contributed by atoms with Crippen LogP contribution in [0.4, 0.5) is 0 Å². The van der Waals surface area contributed by atoms with Crippen molar-refractivity contribution in [3.05, 3.63) is 28.2 Å². The van der Waals surface area contributed by atoms with Crippen LogP contribution < -0.4 is 0 Å². The minimum atomic E-state index is -0.241. The number of aldehydes is 1. The normalized spacial score (nSPS) is 8.06. The van der Waals surface area contributed by atoms with Gasteiger partial charge in [0.1, 0.15) is 11.1 Å². The van der Waals surface area contributed by atoms with E-state index in [4.69, 9.17) is 5.11 Å². The first-order valence-corrected chi connectivity index (χ1v) is 7.03. The summed E-state index contributed by atoms with van der Waals surface area (Å²) in [5, 5.41) is 9.31. The van der Waals surface area contributed by atoms with Gasteiger partial charge >= 0.3 is 5.97 Å². The summed E-state index contributed by atoms with van der Waals surface area (Å²) in [7, 11) is 1.35. The Hall–Kier alpha value is -0.880. The fraction of sp³-hybridized carbons (Fsp3) is 0.333. The van der Waals surface area contributed by atoms with Gasteiger partial charge in [-0.2, -0.15) is 0 Å². The minimum absolute atomic E-state index is 0.00405. The van der Waals surface area contributed by atoms with Crippen LogP contribution in [0.3, 0.4) is 0 Å². The maximum Gasteiger partial charge on any atom is 0.316 e. The van der Waals surface area contributed by atoms with Gasteiger partial charge in [-0.1, -0.05) is 45.7 Å². The predicted molar refractivity (Wildman–Crippen MR) is 78.4 cm³/mol. The third kappa shape index (κ3) is 9.18. The van der Waals surface area contributed by atoms with E-state index in [1.165, 1.54) is 13.2 Å². The van der Waals surface area contributed by atoms with Crippen LogP contribution in [0.25, 0.3) is 0 Å². The topological polar surface area (TPSA) is 63.6 Å². The molecule has 18 heavy (non-hydrogen) atoms. The summed E-state index contributed by atoms with van der Waals surface area (Å²) < 4.78 is 4.97. The molecule has 0 amide bonds. The van der Waals surface area contributed by atoms with Gasteiger partial charge in [-0.05, 0) is 18.2 Å². The number of hydrogen-bond donors (Lipinski definition) is 1. The Labute approximate surface area is 124 Å². The van der Waals surface area contributed by atoms with Gasteiger partial charge in [-0.3, -0.25) is 9.59 Å². The van der Waals surface area contributed by atoms with Crippen molar-refractivity contribution in [3.63, 3.8) is 0 Å². The molecule has 102 valence electrons. The Morgan fingerprint density at radius 3 is 2.28 bits per heavy atom. The zero-order chi connectivity index (χ0) is 14.6. The Bertz CT molecular complexity index is 361. The zero-order valence-electron chi connectivity index (χ0n) is 10.4. The van der Waals surface area contributed by atoms with Crippen LogP contribution in [0.5, 0.6) is 5.75 Å². The number of ether oxygens (including phenoxy) is 1. The number of alkyl halides is 1. The molecule has 0 fully saturated rings. The van der Waals surface area contributed by atoms with E-state index in [0.717, 1.165) is 4.47 Å². The van der Waals surface area contributed by atoms with Crippen molar-refractivity contribution in [1.29, 1.82) is 0 Å². The van der Waals surface area contributed by atoms with Crippen LogP contribution in [0.1, 0.15) is 24.2 Å². The number of aromatic hydroxyl groups is 1. The molecule has 0 atom stereocenters. The van der Waals surface area contributed by atoms with E-state index in [1.54, 1.807) is 12.1 Å². The summed E-state index contributed by atoms with van der Waals surface area (Å²) in [6.07, 6.45) is 0.613. The highest BCUT2D eigenvalue weighted by Crippen LogP contribution is 2.20. The Morgan fingerprint density at radius 1 is 1.44 bits per heavy atom. The molecule has 0 heterocycles. The van der Waals surface area contributed by atoms with Crippen LogP contribution in [0.15, 0.2) is 22.7 Å². The molecule has 6 heteroatoms. The predicted octanol–water partition coefficient (Wildman–Crippen LogP) is 3.55. The summed E-state index contributed by atoms with van der Waals surface area (Å²) in [5.74, 6) is -0.237. The number of benzene rings is 1. The van der Waals surface area contributed by atoms with Gasteiger partial charge in [0.2, 0.25) is 0 Å². The van der Waals surface area contributed by atoms with Crippen molar-refractivity contribution in [1.82, 2.24) is 0 Å². The lowest BCUT2D eigenvalue weighted by molar-refractivity contribution is -0.137. The molecule has 1 rings (SSSR count). The molecule has 0 radical (unpaired) electrons. The molecule has 1 aromatic rings. The van der Waals surface area contributed by atoms with Gasteiger partial charge in [-0.25, -0.2) is 0 Å². The van der Waals surface area contributed by atoms with Crippen molar-refractivity contribution in [2.45, 2.75) is 13.8 Å². The molecular formula is C12H16Br2O4. The van der Waals surface area contributed by atoms with Crippen LogP contribution in [-0.4, -0.2) is 29.8 Å². The number of phenols is 1. The highest BCUT2D eigenvalue weighted by molar-refractivity contribution is 9.10. The Balaban J connectivity index is 0. The lowest BCUT2D eigenvalue weighted by Crippen LogP contribution is -1.99. The van der Waals surface area contributed by atoms with Gasteiger partial charge in [-0.15, -0.1) is 0 Å². The standard InChI is InChI=1S/C7H5BrO2.C3H5BrO2.C2H6/c8-6-2-1-5(4-9)7(10)3-6;1-6-3(5)2-4;1-2/h1-4,10H;2H2,1H3;1-2H3. The molecule has 1 N–H and O–H groups in total. The molecule has 0 aliphatic rings. The second kappa shape index (κ2) is 12.6. The Kier molecular flexibility index (Phi) is 13.6. The van der Waals surface area contributed by atoms with E-state index in [0.29, 0.717) is 11.8 Å². The second-order valence-electron chi connectivity index (χ2n) is 2.53. The zero-order valence-corrected chi connectivity index (χ0v) is 13.6. The molecule has 0 spiro atoms. The molecule has 0 saturated carbocycles. The van der Waals surface area contributed by atoms with E-state index < -0.39 is 0 Å². The molecule has 0 aliphatic carbocycles. The summed E-state index contributed by atoms with van der Waals surface area (Å²) >= 11 is 6.05. The summed E-state index contributed by atoms with van der Waals surface area (Å²) in [4.78, 5) is 20.1. The molecule has 0 aromatic heterocycles. The molecule has 0 unspecified atom stereocenters. The van der Waals surface area contributed by atoms with E-state index in [2.05, 4.69) is 36.6 Å². The van der Waals surface area contributed by atoms with Crippen molar-refractivity contribution in [2.24, 2.45) is 0 Å². The lowest BCUT2D eigenvalue weighted by Gasteiger charge is -1.95. The molecule has 0 aliphatic heterocycles. The number of halogens is 2. The third-order valence-electron chi connectivity index (χ3n) is 1.46. The number of rotatable bonds is 2. The van der Waals surface area contributed by atoms with Gasteiger partial charge in [0.15, 0.2) is 6.29 Å². The quantitative estimate of drug-likeness (QED) is 0.482. The second-order valence-corrected chi connectivity index (χ2v) is 4.01. The third-order valence-corrected chi connectivity index (χ3v) is 2.41. The maximum atomic E-state index is 10.2. The highest BCUT2D eigenvalue weighted by Gasteiger charge is 1.97. The number of hydrogen-bond acceptors (Lipinski definition) is 4. The fourth-order valence-electron chi connectivity index (χ4n) is 0.671. The number of esters is 1. The van der Waals surface area contributed by atoms with Gasteiger partial charge in [0, 0.05) is 4.47 Å². The number of carbonyl (C=O) groups is 2. The smallest absolute Gasteiger partial charge is 0.316 e. The largest absolute Gasteiger partial charge is 0.507 e. The van der Waals surface area contributed by atoms with Crippen molar-refractivity contribution < 1.29 is 19.4 Å². The fourth-order valence-corrected chi connectivity index (χ4v) is 1.25. The van der Waals surface area contributed by atoms with E-state index in [-0.39, 0.29) is 17.0 Å². The average molecular weight is 384 g/mol. The molecule has 0 bridgehead atoms. The first-order valence-electron chi connectivity index (χ1n) is 5.11. The van der Waals surface area contributed by atoms with Crippen molar-refractivity contribution in [2.75, 3.05) is 12.4 Å². The van der Waals surface area contributed by atoms with Crippen LogP contribution >= 0.6 is 31.9 Å². The highest BCUT2D eigenvalue weighted by atomic mass is 79.9. The van der Waals surface area contributed by atoms with Crippen LogP contribution in [-0.2, 0) is 9.53 Å². The van der Waals surface area contributed by atoms with Crippen molar-refractivity contribution >= 4 is 44.1 Å². The minimum Gasteiger partial charge on any atom is -0.507 e. The van der Waals surface area contributed by atoms with Crippen molar-refractivity contribution in [3.8, 4) is 5.75 Å². The SMILES string of the molecule is CC.COC(=O)CBr.O=Cc1ccc(Br)cc1O. The number of phenolic OH excluding ortho intramolecular Hbond substituents is 1. The van der Waals surface area contributed by atoms with E-state index >= 15 is 0 Å². The maximum absolute atomic E-state index is 10.2. The lowest BCUT2D eigenvalue weighted by atomic mass is 10.2. The van der Waals surface area contributed by atoms with Gasteiger partial charge in [0.05, 0.1) is 12.7 Å². The Morgan fingerprint density at radius 2 is 2.00 bits per heavy atom.